The van der Waals surface area contributed by atoms with Crippen LogP contribution in [-0.2, 0) is 9.84 Å². The van der Waals surface area contributed by atoms with E-state index in [1.54, 1.807) is 66.2 Å². The molecule has 1 aromatic carbocycles. The molecule has 0 bridgehead atoms. The summed E-state index contributed by atoms with van der Waals surface area (Å²) in [5, 5.41) is 3.61. The van der Waals surface area contributed by atoms with E-state index in [0.29, 0.717) is 10.4 Å². The van der Waals surface area contributed by atoms with E-state index < -0.39 is 15.1 Å². The van der Waals surface area contributed by atoms with Crippen molar-refractivity contribution in [2.45, 2.75) is 10.1 Å². The predicted molar refractivity (Wildman–Crippen MR) is 97.3 cm³/mol. The number of rotatable bonds is 6. The fourth-order valence-corrected chi connectivity index (χ4v) is 4.73. The molecular formula is C18H16N2O3S2. The Balaban J connectivity index is 1.90. The molecule has 128 valence electrons. The fraction of sp³-hybridized carbons (Fsp3) is 0.111. The van der Waals surface area contributed by atoms with Crippen molar-refractivity contribution < 1.29 is 13.2 Å². The minimum atomic E-state index is -3.67. The Morgan fingerprint density at radius 3 is 2.52 bits per heavy atom. The van der Waals surface area contributed by atoms with Crippen LogP contribution in [0.15, 0.2) is 77.3 Å². The van der Waals surface area contributed by atoms with Crippen LogP contribution in [0.2, 0.25) is 0 Å². The molecule has 0 radical (unpaired) electrons. The summed E-state index contributed by atoms with van der Waals surface area (Å²) < 4.78 is 26.1. The molecule has 3 aromatic rings. The van der Waals surface area contributed by atoms with Crippen LogP contribution in [0.4, 0.5) is 0 Å². The summed E-state index contributed by atoms with van der Waals surface area (Å²) >= 11 is 1.31. The number of carbonyl (C=O) groups excluding carboxylic acids is 1. The van der Waals surface area contributed by atoms with Gasteiger partial charge in [-0.25, -0.2) is 8.42 Å². The van der Waals surface area contributed by atoms with Gasteiger partial charge in [-0.15, -0.1) is 11.3 Å². The summed E-state index contributed by atoms with van der Waals surface area (Å²) in [5.74, 6) is -0.285. The number of hydrogen-bond donors (Lipinski definition) is 1. The molecule has 7 heteroatoms. The molecule has 0 saturated heterocycles. The highest BCUT2D eigenvalue weighted by Gasteiger charge is 2.29. The predicted octanol–water partition coefficient (Wildman–Crippen LogP) is 3.09. The van der Waals surface area contributed by atoms with E-state index in [-0.39, 0.29) is 17.3 Å². The van der Waals surface area contributed by atoms with E-state index in [9.17, 15) is 13.2 Å². The second-order valence-corrected chi connectivity index (χ2v) is 8.40. The van der Waals surface area contributed by atoms with E-state index in [2.05, 4.69) is 10.3 Å². The lowest BCUT2D eigenvalue weighted by molar-refractivity contribution is 0.0957. The van der Waals surface area contributed by atoms with Crippen LogP contribution in [0.3, 0.4) is 0 Å². The smallest absolute Gasteiger partial charge is 0.261 e. The second-order valence-electron chi connectivity index (χ2n) is 5.32. The van der Waals surface area contributed by atoms with Crippen LogP contribution in [-0.4, -0.2) is 25.9 Å². The zero-order valence-corrected chi connectivity index (χ0v) is 14.8. The quantitative estimate of drug-likeness (QED) is 0.721. The Morgan fingerprint density at radius 2 is 1.88 bits per heavy atom. The van der Waals surface area contributed by atoms with Crippen LogP contribution >= 0.6 is 11.3 Å². The third-order valence-corrected chi connectivity index (χ3v) is 6.68. The minimum absolute atomic E-state index is 0.0281. The molecule has 25 heavy (non-hydrogen) atoms. The van der Waals surface area contributed by atoms with E-state index in [1.165, 1.54) is 17.5 Å². The number of benzene rings is 1. The van der Waals surface area contributed by atoms with E-state index in [4.69, 9.17) is 0 Å². The molecule has 0 aliphatic carbocycles. The summed E-state index contributed by atoms with van der Waals surface area (Å²) in [6, 6.07) is 15.1. The molecule has 1 atom stereocenters. The highest BCUT2D eigenvalue weighted by Crippen LogP contribution is 2.28. The zero-order valence-electron chi connectivity index (χ0n) is 13.2. The van der Waals surface area contributed by atoms with Crippen LogP contribution in [0, 0.1) is 0 Å². The maximum Gasteiger partial charge on any atom is 0.261 e. The van der Waals surface area contributed by atoms with Gasteiger partial charge in [-0.3, -0.25) is 9.78 Å². The third kappa shape index (κ3) is 3.94. The number of carbonyl (C=O) groups is 1. The number of nitrogens with zero attached hydrogens (tertiary/aromatic N) is 1. The summed E-state index contributed by atoms with van der Waals surface area (Å²) in [6.45, 7) is -0.0281. The molecule has 1 unspecified atom stereocenters. The first-order chi connectivity index (χ1) is 12.1. The maximum atomic E-state index is 13.1. The molecule has 0 aliphatic rings. The molecule has 2 heterocycles. The average molecular weight is 372 g/mol. The monoisotopic (exact) mass is 372 g/mol. The van der Waals surface area contributed by atoms with Gasteiger partial charge in [0.25, 0.3) is 5.91 Å². The average Bonchev–Trinajstić information content (AvgIpc) is 3.18. The van der Waals surface area contributed by atoms with Crippen molar-refractivity contribution in [1.82, 2.24) is 10.3 Å². The van der Waals surface area contributed by atoms with Crippen LogP contribution in [0.25, 0.3) is 0 Å². The summed E-state index contributed by atoms with van der Waals surface area (Å²) in [5.41, 5.74) is 0.540. The number of aromatic nitrogens is 1. The molecule has 0 fully saturated rings. The van der Waals surface area contributed by atoms with Gasteiger partial charge in [-0.05, 0) is 35.2 Å². The molecule has 1 N–H and O–H groups in total. The third-order valence-electron chi connectivity index (χ3n) is 3.70. The van der Waals surface area contributed by atoms with Crippen molar-refractivity contribution >= 4 is 27.1 Å². The van der Waals surface area contributed by atoms with Gasteiger partial charge < -0.3 is 5.32 Å². The van der Waals surface area contributed by atoms with Gasteiger partial charge >= 0.3 is 0 Å². The Bertz CT molecular complexity index is 925. The summed E-state index contributed by atoms with van der Waals surface area (Å²) in [7, 11) is -3.67. The van der Waals surface area contributed by atoms with Crippen LogP contribution < -0.4 is 5.32 Å². The summed E-state index contributed by atoms with van der Waals surface area (Å²) in [6.07, 6.45) is 3.10. The zero-order chi connectivity index (χ0) is 17.7. The first-order valence-electron chi connectivity index (χ1n) is 7.59. The van der Waals surface area contributed by atoms with Gasteiger partial charge in [0.1, 0.15) is 5.25 Å². The van der Waals surface area contributed by atoms with Crippen molar-refractivity contribution in [3.63, 3.8) is 0 Å². The van der Waals surface area contributed by atoms with Gasteiger partial charge in [0.05, 0.1) is 9.77 Å². The Labute approximate surface area is 150 Å². The standard InChI is InChI=1S/C18H16N2O3S2/c21-18(16-9-5-11-24-16)20-13-17(14-6-4-10-19-12-14)25(22,23)15-7-2-1-3-8-15/h1-12,17H,13H2,(H,20,21). The van der Waals surface area contributed by atoms with E-state index >= 15 is 0 Å². The normalized spacial score (nSPS) is 12.5. The number of nitrogens with one attached hydrogen (secondary N) is 1. The Kier molecular flexibility index (Phi) is 5.25. The largest absolute Gasteiger partial charge is 0.350 e. The number of pyridine rings is 1. The van der Waals surface area contributed by atoms with Crippen molar-refractivity contribution in [2.24, 2.45) is 0 Å². The Morgan fingerprint density at radius 1 is 1.08 bits per heavy atom. The van der Waals surface area contributed by atoms with Crippen molar-refractivity contribution in [3.8, 4) is 0 Å². The molecular weight excluding hydrogens is 356 g/mol. The first kappa shape index (κ1) is 17.3. The Hall–Kier alpha value is -2.51. The van der Waals surface area contributed by atoms with Crippen LogP contribution in [0.1, 0.15) is 20.5 Å². The SMILES string of the molecule is O=C(NCC(c1cccnc1)S(=O)(=O)c1ccccc1)c1cccs1. The van der Waals surface area contributed by atoms with Gasteiger partial charge in [0, 0.05) is 18.9 Å². The van der Waals surface area contributed by atoms with Gasteiger partial charge in [0.15, 0.2) is 9.84 Å². The molecule has 0 spiro atoms. The van der Waals surface area contributed by atoms with Gasteiger partial charge in [0.2, 0.25) is 0 Å². The van der Waals surface area contributed by atoms with E-state index in [0.717, 1.165) is 0 Å². The highest BCUT2D eigenvalue weighted by atomic mass is 32.2. The lowest BCUT2D eigenvalue weighted by Gasteiger charge is -2.18. The first-order valence-corrected chi connectivity index (χ1v) is 10.0. The molecule has 1 amide bonds. The number of amides is 1. The van der Waals surface area contributed by atoms with Crippen molar-refractivity contribution in [3.05, 3.63) is 82.8 Å². The molecule has 5 nitrogen and oxygen atoms in total. The number of sulfone groups is 1. The second kappa shape index (κ2) is 7.58. The molecule has 3 rings (SSSR count). The van der Waals surface area contributed by atoms with Crippen molar-refractivity contribution in [2.75, 3.05) is 6.54 Å². The minimum Gasteiger partial charge on any atom is -0.350 e. The van der Waals surface area contributed by atoms with Crippen molar-refractivity contribution in [1.29, 1.82) is 0 Å². The fourth-order valence-electron chi connectivity index (χ4n) is 2.43. The lowest BCUT2D eigenvalue weighted by Crippen LogP contribution is -2.31. The maximum absolute atomic E-state index is 13.1. The van der Waals surface area contributed by atoms with Crippen LogP contribution in [0.5, 0.6) is 0 Å². The number of hydrogen-bond acceptors (Lipinski definition) is 5. The highest BCUT2D eigenvalue weighted by molar-refractivity contribution is 7.91. The van der Waals surface area contributed by atoms with Gasteiger partial charge in [-0.1, -0.05) is 30.3 Å². The molecule has 0 aliphatic heterocycles. The van der Waals surface area contributed by atoms with Gasteiger partial charge in [-0.2, -0.15) is 0 Å². The lowest BCUT2D eigenvalue weighted by atomic mass is 10.2. The number of thiophene rings is 1. The topological polar surface area (TPSA) is 76.1 Å². The molecule has 2 aromatic heterocycles. The molecule has 0 saturated carbocycles. The summed E-state index contributed by atoms with van der Waals surface area (Å²) in [4.78, 5) is 17.0. The van der Waals surface area contributed by atoms with E-state index in [1.807, 2.05) is 0 Å².